The van der Waals surface area contributed by atoms with Crippen LogP contribution in [0.1, 0.15) is 18.0 Å². The molecule has 0 aliphatic carbocycles. The van der Waals surface area contributed by atoms with Gasteiger partial charge >= 0.3 is 0 Å². The van der Waals surface area contributed by atoms with Crippen LogP contribution in [0.2, 0.25) is 0 Å². The normalized spacial score (nSPS) is 26.9. The highest BCUT2D eigenvalue weighted by Gasteiger charge is 2.29. The second-order valence-corrected chi connectivity index (χ2v) is 4.15. The van der Waals surface area contributed by atoms with Gasteiger partial charge in [-0.3, -0.25) is 4.90 Å². The Bertz CT molecular complexity index is 313. The molecule has 3 heteroatoms. The molecule has 2 N–H and O–H groups in total. The zero-order valence-corrected chi connectivity index (χ0v) is 9.31. The van der Waals surface area contributed by atoms with Crippen molar-refractivity contribution in [1.29, 1.82) is 0 Å². The number of benzene rings is 1. The molecule has 1 aliphatic rings. The van der Waals surface area contributed by atoms with E-state index in [-0.39, 0.29) is 6.04 Å². The molecule has 0 amide bonds. The summed E-state index contributed by atoms with van der Waals surface area (Å²) in [6.07, 6.45) is 1.08. The molecule has 82 valence electrons. The standard InChI is InChI=1S/C12H18N2O/c1-14-8-7-11(13)12(14)9-3-5-10(15-2)6-4-9/h3-6,11-12H,7-8,13H2,1-2H3. The minimum absolute atomic E-state index is 0.253. The van der Waals surface area contributed by atoms with Gasteiger partial charge in [-0.25, -0.2) is 0 Å². The molecule has 1 aliphatic heterocycles. The second-order valence-electron chi connectivity index (χ2n) is 4.15. The lowest BCUT2D eigenvalue weighted by atomic mass is 10.0. The van der Waals surface area contributed by atoms with E-state index in [0.717, 1.165) is 18.7 Å². The van der Waals surface area contributed by atoms with Gasteiger partial charge < -0.3 is 10.5 Å². The molecule has 0 radical (unpaired) electrons. The summed E-state index contributed by atoms with van der Waals surface area (Å²) in [7, 11) is 3.81. The molecule has 2 rings (SSSR count). The van der Waals surface area contributed by atoms with Gasteiger partial charge in [0, 0.05) is 18.6 Å². The zero-order valence-electron chi connectivity index (χ0n) is 9.31. The molecule has 0 bridgehead atoms. The molecule has 0 spiro atoms. The lowest BCUT2D eigenvalue weighted by Crippen LogP contribution is -2.29. The third-order valence-electron chi connectivity index (χ3n) is 3.15. The Morgan fingerprint density at radius 1 is 1.33 bits per heavy atom. The molecule has 1 aromatic rings. The number of hydrogen-bond donors (Lipinski definition) is 1. The van der Waals surface area contributed by atoms with E-state index in [2.05, 4.69) is 24.1 Å². The van der Waals surface area contributed by atoms with Gasteiger partial charge in [0.15, 0.2) is 0 Å². The first-order valence-corrected chi connectivity index (χ1v) is 5.32. The molecular formula is C12H18N2O. The summed E-state index contributed by atoms with van der Waals surface area (Å²) in [6, 6.07) is 8.80. The van der Waals surface area contributed by atoms with E-state index in [4.69, 9.17) is 10.5 Å². The smallest absolute Gasteiger partial charge is 0.118 e. The van der Waals surface area contributed by atoms with E-state index in [1.807, 2.05) is 12.1 Å². The van der Waals surface area contributed by atoms with Crippen LogP contribution in [-0.4, -0.2) is 31.6 Å². The highest BCUT2D eigenvalue weighted by molar-refractivity contribution is 5.30. The monoisotopic (exact) mass is 206 g/mol. The number of nitrogens with two attached hydrogens (primary N) is 1. The van der Waals surface area contributed by atoms with Crippen molar-refractivity contribution in [1.82, 2.24) is 4.90 Å². The lowest BCUT2D eigenvalue weighted by molar-refractivity contribution is 0.304. The number of hydrogen-bond acceptors (Lipinski definition) is 3. The average Bonchev–Trinajstić information content (AvgIpc) is 2.59. The van der Waals surface area contributed by atoms with Crippen molar-refractivity contribution >= 4 is 0 Å². The fourth-order valence-corrected chi connectivity index (χ4v) is 2.28. The van der Waals surface area contributed by atoms with Crippen molar-refractivity contribution in [2.45, 2.75) is 18.5 Å². The van der Waals surface area contributed by atoms with Gasteiger partial charge in [-0.1, -0.05) is 12.1 Å². The maximum Gasteiger partial charge on any atom is 0.118 e. The summed E-state index contributed by atoms with van der Waals surface area (Å²) in [5, 5.41) is 0. The molecule has 0 saturated carbocycles. The van der Waals surface area contributed by atoms with Gasteiger partial charge in [0.25, 0.3) is 0 Å². The van der Waals surface area contributed by atoms with E-state index < -0.39 is 0 Å². The number of nitrogens with zero attached hydrogens (tertiary/aromatic N) is 1. The minimum Gasteiger partial charge on any atom is -0.497 e. The maximum absolute atomic E-state index is 6.10. The Kier molecular flexibility index (Phi) is 2.93. The Morgan fingerprint density at radius 2 is 2.00 bits per heavy atom. The van der Waals surface area contributed by atoms with E-state index in [1.54, 1.807) is 7.11 Å². The van der Waals surface area contributed by atoms with Crippen LogP contribution < -0.4 is 10.5 Å². The molecule has 1 aromatic carbocycles. The Morgan fingerprint density at radius 3 is 2.47 bits per heavy atom. The predicted octanol–water partition coefficient (Wildman–Crippen LogP) is 1.40. The molecular weight excluding hydrogens is 188 g/mol. The highest BCUT2D eigenvalue weighted by atomic mass is 16.5. The number of rotatable bonds is 2. The van der Waals surface area contributed by atoms with Crippen LogP contribution in [0.4, 0.5) is 0 Å². The Balaban J connectivity index is 2.21. The third-order valence-corrected chi connectivity index (χ3v) is 3.15. The van der Waals surface area contributed by atoms with Crippen LogP contribution in [0.15, 0.2) is 24.3 Å². The number of likely N-dealkylation sites (N-methyl/N-ethyl adjacent to an activating group) is 1. The summed E-state index contributed by atoms with van der Waals surface area (Å²) in [5.41, 5.74) is 7.38. The fraction of sp³-hybridized carbons (Fsp3) is 0.500. The summed E-state index contributed by atoms with van der Waals surface area (Å²) >= 11 is 0. The number of methoxy groups -OCH3 is 1. The van der Waals surface area contributed by atoms with Crippen LogP contribution in [-0.2, 0) is 0 Å². The van der Waals surface area contributed by atoms with E-state index >= 15 is 0 Å². The molecule has 15 heavy (non-hydrogen) atoms. The van der Waals surface area contributed by atoms with E-state index in [0.29, 0.717) is 6.04 Å². The zero-order chi connectivity index (χ0) is 10.8. The summed E-state index contributed by atoms with van der Waals surface area (Å²) in [5.74, 6) is 0.896. The molecule has 2 atom stereocenters. The van der Waals surface area contributed by atoms with Crippen molar-refractivity contribution < 1.29 is 4.74 Å². The van der Waals surface area contributed by atoms with Gasteiger partial charge in [-0.2, -0.15) is 0 Å². The molecule has 2 unspecified atom stereocenters. The lowest BCUT2D eigenvalue weighted by Gasteiger charge is -2.23. The SMILES string of the molecule is COc1ccc(C2C(N)CCN2C)cc1. The highest BCUT2D eigenvalue weighted by Crippen LogP contribution is 2.30. The first-order valence-electron chi connectivity index (χ1n) is 5.32. The predicted molar refractivity (Wildman–Crippen MR) is 61.0 cm³/mol. The second kappa shape index (κ2) is 4.21. The first-order chi connectivity index (χ1) is 7.22. The minimum atomic E-state index is 0.253. The van der Waals surface area contributed by atoms with Gasteiger partial charge in [0.05, 0.1) is 7.11 Å². The van der Waals surface area contributed by atoms with Crippen LogP contribution >= 0.6 is 0 Å². The molecule has 1 fully saturated rings. The van der Waals surface area contributed by atoms with Crippen molar-refractivity contribution in [2.75, 3.05) is 20.7 Å². The van der Waals surface area contributed by atoms with Gasteiger partial charge in [0.2, 0.25) is 0 Å². The first kappa shape index (κ1) is 10.5. The number of likely N-dealkylation sites (tertiary alicyclic amines) is 1. The molecule has 0 aromatic heterocycles. The van der Waals surface area contributed by atoms with Crippen LogP contribution in [0, 0.1) is 0 Å². The third kappa shape index (κ3) is 1.98. The average molecular weight is 206 g/mol. The Hall–Kier alpha value is -1.06. The maximum atomic E-state index is 6.10. The largest absolute Gasteiger partial charge is 0.497 e. The van der Waals surface area contributed by atoms with Crippen LogP contribution in [0.5, 0.6) is 5.75 Å². The topological polar surface area (TPSA) is 38.5 Å². The van der Waals surface area contributed by atoms with Gasteiger partial charge in [-0.05, 0) is 31.2 Å². The van der Waals surface area contributed by atoms with Crippen molar-refractivity contribution in [3.63, 3.8) is 0 Å². The van der Waals surface area contributed by atoms with Gasteiger partial charge in [-0.15, -0.1) is 0 Å². The van der Waals surface area contributed by atoms with Crippen molar-refractivity contribution in [2.24, 2.45) is 5.73 Å². The quantitative estimate of drug-likeness (QED) is 0.795. The van der Waals surface area contributed by atoms with Crippen molar-refractivity contribution in [3.05, 3.63) is 29.8 Å². The van der Waals surface area contributed by atoms with Gasteiger partial charge in [0.1, 0.15) is 5.75 Å². The molecule has 1 saturated heterocycles. The van der Waals surface area contributed by atoms with E-state index in [9.17, 15) is 0 Å². The summed E-state index contributed by atoms with van der Waals surface area (Å²) in [6.45, 7) is 1.08. The van der Waals surface area contributed by atoms with Crippen LogP contribution in [0.25, 0.3) is 0 Å². The summed E-state index contributed by atoms with van der Waals surface area (Å²) in [4.78, 5) is 2.31. The van der Waals surface area contributed by atoms with E-state index in [1.165, 1.54) is 5.56 Å². The summed E-state index contributed by atoms with van der Waals surface area (Å²) < 4.78 is 5.14. The number of ether oxygens (including phenoxy) is 1. The van der Waals surface area contributed by atoms with Crippen LogP contribution in [0.3, 0.4) is 0 Å². The Labute approximate surface area is 90.8 Å². The molecule has 3 nitrogen and oxygen atoms in total. The molecule has 1 heterocycles. The fourth-order valence-electron chi connectivity index (χ4n) is 2.28. The van der Waals surface area contributed by atoms with Crippen molar-refractivity contribution in [3.8, 4) is 5.75 Å².